The number of fused-ring (bicyclic) bond motifs is 1. The Morgan fingerprint density at radius 2 is 1.70 bits per heavy atom. The zero-order chi connectivity index (χ0) is 33.1. The van der Waals surface area contributed by atoms with Gasteiger partial charge in [-0.2, -0.15) is 0 Å². The van der Waals surface area contributed by atoms with E-state index in [-0.39, 0.29) is 24.9 Å². The zero-order valence-electron chi connectivity index (χ0n) is 26.1. The molecule has 1 aliphatic rings. The minimum atomic E-state index is -1.36. The number of cyclic esters (lactones) is 1. The lowest BCUT2D eigenvalue weighted by Crippen LogP contribution is -2.51. The maximum atomic E-state index is 13.7. The average Bonchev–Trinajstić information content (AvgIpc) is 2.99. The fourth-order valence-corrected chi connectivity index (χ4v) is 5.61. The highest BCUT2D eigenvalue weighted by atomic mass is 16.6. The number of aliphatic hydroxyl groups excluding tert-OH is 1. The summed E-state index contributed by atoms with van der Waals surface area (Å²) in [5.74, 6) is -1.90. The molecular formula is C34H37N5O7. The number of anilines is 3. The molecular weight excluding hydrogens is 590 g/mol. The van der Waals surface area contributed by atoms with E-state index in [1.807, 2.05) is 48.5 Å². The molecule has 240 valence electrons. The summed E-state index contributed by atoms with van der Waals surface area (Å²) in [5.41, 5.74) is 0.913. The fraction of sp³-hybridized carbons (Fsp3) is 0.324. The number of carbonyl (C=O) groups excluding carboxylic acids is 3. The lowest BCUT2D eigenvalue weighted by atomic mass is 10.1. The molecule has 0 spiro atoms. The molecule has 0 aliphatic carbocycles. The van der Waals surface area contributed by atoms with Crippen LogP contribution >= 0.6 is 0 Å². The average molecular weight is 628 g/mol. The third-order valence-electron chi connectivity index (χ3n) is 7.97. The molecule has 4 aromatic rings. The zero-order valence-corrected chi connectivity index (χ0v) is 26.1. The number of hydrogen-bond acceptors (Lipinski definition) is 8. The van der Waals surface area contributed by atoms with Crippen LogP contribution in [0.25, 0.3) is 10.8 Å². The molecule has 0 radical (unpaired) electrons. The molecule has 46 heavy (non-hydrogen) atoms. The molecule has 2 amide bonds. The number of esters is 1. The molecule has 1 aliphatic heterocycles. The molecule has 12 heteroatoms. The van der Waals surface area contributed by atoms with Gasteiger partial charge in [0.05, 0.1) is 6.42 Å². The fourth-order valence-electron chi connectivity index (χ4n) is 5.61. The van der Waals surface area contributed by atoms with E-state index in [4.69, 9.17) is 4.74 Å². The van der Waals surface area contributed by atoms with Crippen molar-refractivity contribution in [3.63, 3.8) is 0 Å². The largest absolute Gasteiger partial charge is 0.436 e. The Bertz CT molecular complexity index is 1930. The van der Waals surface area contributed by atoms with Gasteiger partial charge in [-0.15, -0.1) is 0 Å². The first-order valence-corrected chi connectivity index (χ1v) is 15.2. The Morgan fingerprint density at radius 3 is 2.37 bits per heavy atom. The molecule has 12 nitrogen and oxygen atoms in total. The summed E-state index contributed by atoms with van der Waals surface area (Å²) in [5, 5.41) is 20.6. The molecule has 4 N–H and O–H groups in total. The van der Waals surface area contributed by atoms with Gasteiger partial charge in [-0.1, -0.05) is 37.3 Å². The first kappa shape index (κ1) is 32.2. The molecule has 3 aromatic carbocycles. The van der Waals surface area contributed by atoms with Crippen molar-refractivity contribution < 1.29 is 24.2 Å². The number of ether oxygens (including phenoxy) is 1. The van der Waals surface area contributed by atoms with Gasteiger partial charge in [-0.05, 0) is 73.9 Å². The van der Waals surface area contributed by atoms with Gasteiger partial charge in [-0.3, -0.25) is 23.7 Å². The second kappa shape index (κ2) is 13.4. The van der Waals surface area contributed by atoms with Crippen LogP contribution in [0.1, 0.15) is 68.0 Å². The standard InChI is InChI=1S/C34H37N5O7/c1-5-28(32(43)36-25-16-29(40)46-30(41)17-25)39-33(44)27(18-38(19(2)3)34(39)45)37-31(42)26-13-12-23(14-20(26)4)35-24-11-10-21-8-6-7-9-22(21)15-24/h6-15,18-19,25,28-29,35,40H,5,16-17H2,1-4H3,(H,36,43)(H,37,42). The van der Waals surface area contributed by atoms with Crippen LogP contribution in [0, 0.1) is 6.92 Å². The highest BCUT2D eigenvalue weighted by Gasteiger charge is 2.32. The van der Waals surface area contributed by atoms with Crippen LogP contribution < -0.4 is 27.2 Å². The van der Waals surface area contributed by atoms with E-state index in [0.29, 0.717) is 11.1 Å². The first-order valence-electron chi connectivity index (χ1n) is 15.2. The van der Waals surface area contributed by atoms with Gasteiger partial charge >= 0.3 is 11.7 Å². The summed E-state index contributed by atoms with van der Waals surface area (Å²) in [6.07, 6.45) is -0.187. The lowest BCUT2D eigenvalue weighted by molar-refractivity contribution is -0.178. The van der Waals surface area contributed by atoms with Crippen molar-refractivity contribution in [3.05, 3.63) is 98.8 Å². The van der Waals surface area contributed by atoms with Crippen molar-refractivity contribution in [3.8, 4) is 0 Å². The summed E-state index contributed by atoms with van der Waals surface area (Å²) in [7, 11) is 0. The molecule has 3 atom stereocenters. The van der Waals surface area contributed by atoms with Crippen molar-refractivity contribution >= 4 is 45.6 Å². The van der Waals surface area contributed by atoms with Gasteiger partial charge in [0.2, 0.25) is 12.2 Å². The van der Waals surface area contributed by atoms with E-state index < -0.39 is 53.4 Å². The van der Waals surface area contributed by atoms with Gasteiger partial charge < -0.3 is 25.8 Å². The van der Waals surface area contributed by atoms with Crippen LogP contribution in [0.15, 0.2) is 76.4 Å². The Labute approximate surface area is 265 Å². The van der Waals surface area contributed by atoms with Crippen LogP contribution in [0.5, 0.6) is 0 Å². The van der Waals surface area contributed by atoms with E-state index in [0.717, 1.165) is 26.7 Å². The van der Waals surface area contributed by atoms with E-state index in [1.54, 1.807) is 39.8 Å². The van der Waals surface area contributed by atoms with Crippen LogP contribution in [0.4, 0.5) is 17.1 Å². The minimum Gasteiger partial charge on any atom is -0.436 e. The SMILES string of the molecule is CCC(C(=O)NC1CC(=O)OC(O)C1)n1c(=O)c(NC(=O)c2ccc(Nc3ccc4ccccc4c3)cc2C)cn(C(C)C)c1=O. The van der Waals surface area contributed by atoms with Gasteiger partial charge in [0, 0.05) is 41.6 Å². The smallest absolute Gasteiger partial charge is 0.332 e. The molecule has 1 fully saturated rings. The summed E-state index contributed by atoms with van der Waals surface area (Å²) in [6.45, 7) is 6.90. The third-order valence-corrected chi connectivity index (χ3v) is 7.97. The number of nitrogens with one attached hydrogen (secondary N) is 3. The monoisotopic (exact) mass is 627 g/mol. The number of carbonyl (C=O) groups is 3. The Balaban J connectivity index is 1.40. The molecule has 0 saturated carbocycles. The topological polar surface area (TPSA) is 161 Å². The van der Waals surface area contributed by atoms with Crippen molar-refractivity contribution in [1.82, 2.24) is 14.5 Å². The van der Waals surface area contributed by atoms with E-state index in [9.17, 15) is 29.1 Å². The summed E-state index contributed by atoms with van der Waals surface area (Å²) < 4.78 is 6.81. The second-order valence-corrected chi connectivity index (χ2v) is 11.7. The Kier molecular flexibility index (Phi) is 9.38. The highest BCUT2D eigenvalue weighted by molar-refractivity contribution is 6.05. The van der Waals surface area contributed by atoms with Crippen LogP contribution in [-0.2, 0) is 14.3 Å². The van der Waals surface area contributed by atoms with Gasteiger partial charge in [0.15, 0.2) is 0 Å². The molecule has 0 bridgehead atoms. The quantitative estimate of drug-likeness (QED) is 0.202. The second-order valence-electron chi connectivity index (χ2n) is 11.7. The van der Waals surface area contributed by atoms with Gasteiger partial charge in [0.1, 0.15) is 11.7 Å². The van der Waals surface area contributed by atoms with Crippen molar-refractivity contribution in [2.24, 2.45) is 0 Å². The number of nitrogens with zero attached hydrogens (tertiary/aromatic N) is 2. The van der Waals surface area contributed by atoms with Crippen LogP contribution in [0.3, 0.4) is 0 Å². The molecule has 1 saturated heterocycles. The number of aliphatic hydroxyl groups is 1. The Hall–Kier alpha value is -5.23. The predicted octanol–water partition coefficient (Wildman–Crippen LogP) is 4.14. The van der Waals surface area contributed by atoms with Crippen molar-refractivity contribution in [2.45, 2.75) is 71.4 Å². The molecule has 3 unspecified atom stereocenters. The normalized spacial score (nSPS) is 17.0. The van der Waals surface area contributed by atoms with E-state index in [1.165, 1.54) is 10.8 Å². The lowest BCUT2D eigenvalue weighted by Gasteiger charge is -2.28. The number of hydrogen-bond donors (Lipinski definition) is 4. The summed E-state index contributed by atoms with van der Waals surface area (Å²) >= 11 is 0. The van der Waals surface area contributed by atoms with Crippen LogP contribution in [-0.4, -0.2) is 44.4 Å². The summed E-state index contributed by atoms with van der Waals surface area (Å²) in [4.78, 5) is 65.7. The van der Waals surface area contributed by atoms with Crippen LogP contribution in [0.2, 0.25) is 0 Å². The van der Waals surface area contributed by atoms with Gasteiger partial charge in [-0.25, -0.2) is 9.36 Å². The molecule has 1 aromatic heterocycles. The number of aryl methyl sites for hydroxylation is 1. The van der Waals surface area contributed by atoms with E-state index >= 15 is 0 Å². The minimum absolute atomic E-state index is 0.0228. The number of benzene rings is 3. The third kappa shape index (κ3) is 6.86. The van der Waals surface area contributed by atoms with Crippen molar-refractivity contribution in [1.29, 1.82) is 0 Å². The highest BCUT2D eigenvalue weighted by Crippen LogP contribution is 2.24. The Morgan fingerprint density at radius 1 is 1.00 bits per heavy atom. The van der Waals surface area contributed by atoms with E-state index in [2.05, 4.69) is 16.0 Å². The predicted molar refractivity (Wildman–Crippen MR) is 174 cm³/mol. The summed E-state index contributed by atoms with van der Waals surface area (Å²) in [6, 6.07) is 16.9. The number of amides is 2. The molecule has 5 rings (SSSR count). The number of aromatic nitrogens is 2. The number of rotatable bonds is 9. The maximum absolute atomic E-state index is 13.7. The molecule has 2 heterocycles. The maximum Gasteiger partial charge on any atom is 0.332 e. The first-order chi connectivity index (χ1) is 21.9. The van der Waals surface area contributed by atoms with Crippen molar-refractivity contribution in [2.75, 3.05) is 10.6 Å². The van der Waals surface area contributed by atoms with Gasteiger partial charge in [0.25, 0.3) is 11.5 Å².